The molecule has 0 spiro atoms. The number of nitrogens with one attached hydrogen (secondary N) is 1. The largest absolute Gasteiger partial charge is 0.482 e. The van der Waals surface area contributed by atoms with E-state index in [1.54, 1.807) is 17.8 Å². The lowest BCUT2D eigenvalue weighted by atomic mass is 10.1. The van der Waals surface area contributed by atoms with Gasteiger partial charge in [-0.15, -0.1) is 0 Å². The second-order valence-corrected chi connectivity index (χ2v) is 7.89. The number of aromatic nitrogens is 2. The predicted molar refractivity (Wildman–Crippen MR) is 108 cm³/mol. The molecule has 2 atom stereocenters. The maximum atomic E-state index is 12.8. The van der Waals surface area contributed by atoms with E-state index in [0.29, 0.717) is 17.2 Å². The minimum Gasteiger partial charge on any atom is -0.482 e. The number of hydrogen-bond acceptors (Lipinski definition) is 5. The highest BCUT2D eigenvalue weighted by atomic mass is 32.2. The summed E-state index contributed by atoms with van der Waals surface area (Å²) in [6.07, 6.45) is 0.963. The Bertz CT molecular complexity index is 1030. The van der Waals surface area contributed by atoms with E-state index in [1.807, 2.05) is 49.4 Å². The molecule has 2 aliphatic heterocycles. The Hall–Kier alpha value is -2.93. The van der Waals surface area contributed by atoms with Gasteiger partial charge in [-0.2, -0.15) is 0 Å². The van der Waals surface area contributed by atoms with Gasteiger partial charge >= 0.3 is 0 Å². The number of hydrogen-bond donors (Lipinski definition) is 1. The molecular weight excluding hydrogens is 374 g/mol. The summed E-state index contributed by atoms with van der Waals surface area (Å²) in [4.78, 5) is 17.5. The molecule has 0 saturated heterocycles. The monoisotopic (exact) mass is 393 g/mol. The van der Waals surface area contributed by atoms with Crippen molar-refractivity contribution in [3.63, 3.8) is 0 Å². The van der Waals surface area contributed by atoms with Crippen molar-refractivity contribution in [2.45, 2.75) is 30.8 Å². The summed E-state index contributed by atoms with van der Waals surface area (Å²) >= 11 is 1.76. The molecule has 0 aliphatic carbocycles. The van der Waals surface area contributed by atoms with Crippen molar-refractivity contribution >= 4 is 23.4 Å². The van der Waals surface area contributed by atoms with E-state index in [2.05, 4.69) is 21.1 Å². The Labute approximate surface area is 166 Å². The third-order valence-corrected chi connectivity index (χ3v) is 5.80. The average molecular weight is 393 g/mol. The SMILES string of the molecule is CC1Oc2ccccc2OC1C(=O)Nc1cccc(-c2cn3c(n2)SCC3)c1. The molecule has 1 amide bonds. The van der Waals surface area contributed by atoms with Crippen LogP contribution in [0, 0.1) is 0 Å². The van der Waals surface area contributed by atoms with Crippen molar-refractivity contribution in [2.75, 3.05) is 11.1 Å². The van der Waals surface area contributed by atoms with E-state index in [4.69, 9.17) is 9.47 Å². The molecule has 1 aromatic heterocycles. The summed E-state index contributed by atoms with van der Waals surface area (Å²) in [5.74, 6) is 2.08. The first-order valence-electron chi connectivity index (χ1n) is 9.21. The molecule has 3 heterocycles. The highest BCUT2D eigenvalue weighted by molar-refractivity contribution is 7.99. The normalized spacial score (nSPS) is 19.9. The zero-order valence-electron chi connectivity index (χ0n) is 15.3. The number of anilines is 1. The van der Waals surface area contributed by atoms with Crippen LogP contribution in [0.5, 0.6) is 11.5 Å². The second-order valence-electron chi connectivity index (χ2n) is 6.83. The van der Waals surface area contributed by atoms with Crippen LogP contribution in [0.2, 0.25) is 0 Å². The Morgan fingerprint density at radius 1 is 1.18 bits per heavy atom. The fourth-order valence-corrected chi connectivity index (χ4v) is 4.37. The number of para-hydroxylation sites is 2. The van der Waals surface area contributed by atoms with Crippen molar-refractivity contribution in [1.82, 2.24) is 9.55 Å². The van der Waals surface area contributed by atoms with E-state index in [0.717, 1.165) is 28.7 Å². The molecule has 7 heteroatoms. The van der Waals surface area contributed by atoms with Crippen LogP contribution in [-0.2, 0) is 11.3 Å². The number of amides is 1. The molecule has 0 saturated carbocycles. The number of benzene rings is 2. The highest BCUT2D eigenvalue weighted by Crippen LogP contribution is 2.34. The van der Waals surface area contributed by atoms with Gasteiger partial charge in [-0.1, -0.05) is 36.0 Å². The van der Waals surface area contributed by atoms with Crippen molar-refractivity contribution in [1.29, 1.82) is 0 Å². The fraction of sp³-hybridized carbons (Fsp3) is 0.238. The fourth-order valence-electron chi connectivity index (χ4n) is 3.42. The standard InChI is InChI=1S/C21H19N3O3S/c1-13-19(27-18-8-3-2-7-17(18)26-13)20(25)22-15-6-4-5-14(11-15)16-12-24-9-10-28-21(24)23-16/h2-8,11-13,19H,9-10H2,1H3,(H,22,25). The van der Waals surface area contributed by atoms with Crippen molar-refractivity contribution in [3.05, 3.63) is 54.7 Å². The second kappa shape index (κ2) is 6.91. The van der Waals surface area contributed by atoms with Crippen LogP contribution < -0.4 is 14.8 Å². The number of ether oxygens (including phenoxy) is 2. The van der Waals surface area contributed by atoms with Gasteiger partial charge in [-0.25, -0.2) is 4.98 Å². The van der Waals surface area contributed by atoms with E-state index in [9.17, 15) is 4.79 Å². The molecule has 2 aliphatic rings. The first kappa shape index (κ1) is 17.2. The van der Waals surface area contributed by atoms with Gasteiger partial charge in [0.05, 0.1) is 5.69 Å². The van der Waals surface area contributed by atoms with Gasteiger partial charge < -0.3 is 19.4 Å². The summed E-state index contributed by atoms with van der Waals surface area (Å²) in [5, 5.41) is 3.99. The van der Waals surface area contributed by atoms with Gasteiger partial charge in [0.15, 0.2) is 16.7 Å². The van der Waals surface area contributed by atoms with Crippen LogP contribution in [0.4, 0.5) is 5.69 Å². The van der Waals surface area contributed by atoms with E-state index in [1.165, 1.54) is 0 Å². The lowest BCUT2D eigenvalue weighted by Gasteiger charge is -2.31. The van der Waals surface area contributed by atoms with Crippen molar-refractivity contribution in [3.8, 4) is 22.8 Å². The number of rotatable bonds is 3. The molecule has 6 nitrogen and oxygen atoms in total. The maximum absolute atomic E-state index is 12.8. The molecular formula is C21H19N3O3S. The minimum absolute atomic E-state index is 0.234. The third kappa shape index (κ3) is 3.11. The Balaban J connectivity index is 1.34. The highest BCUT2D eigenvalue weighted by Gasteiger charge is 2.34. The van der Waals surface area contributed by atoms with Crippen LogP contribution in [0.1, 0.15) is 6.92 Å². The van der Waals surface area contributed by atoms with Gasteiger partial charge in [0.2, 0.25) is 6.10 Å². The number of imidazole rings is 1. The number of carbonyl (C=O) groups is 1. The molecule has 1 N–H and O–H groups in total. The Morgan fingerprint density at radius 3 is 2.82 bits per heavy atom. The summed E-state index contributed by atoms with van der Waals surface area (Å²) in [6.45, 7) is 2.82. The smallest absolute Gasteiger partial charge is 0.269 e. The molecule has 28 heavy (non-hydrogen) atoms. The molecule has 0 radical (unpaired) electrons. The van der Waals surface area contributed by atoms with Crippen molar-refractivity contribution in [2.24, 2.45) is 0 Å². The maximum Gasteiger partial charge on any atom is 0.269 e. The number of thioether (sulfide) groups is 1. The topological polar surface area (TPSA) is 65.4 Å². The molecule has 2 unspecified atom stereocenters. The molecule has 2 aromatic carbocycles. The molecule has 3 aromatic rings. The zero-order chi connectivity index (χ0) is 19.1. The molecule has 0 fully saturated rings. The van der Waals surface area contributed by atoms with Gasteiger partial charge in [0.1, 0.15) is 6.10 Å². The first-order valence-corrected chi connectivity index (χ1v) is 10.2. The van der Waals surface area contributed by atoms with E-state index < -0.39 is 6.10 Å². The van der Waals surface area contributed by atoms with Gasteiger partial charge in [0.25, 0.3) is 5.91 Å². The predicted octanol–water partition coefficient (Wildman–Crippen LogP) is 3.82. The molecule has 0 bridgehead atoms. The summed E-state index contributed by atoms with van der Waals surface area (Å²) in [7, 11) is 0. The van der Waals surface area contributed by atoms with Crippen LogP contribution in [0.3, 0.4) is 0 Å². The average Bonchev–Trinajstić information content (AvgIpc) is 3.30. The number of fused-ring (bicyclic) bond motifs is 2. The van der Waals surface area contributed by atoms with E-state index in [-0.39, 0.29) is 12.0 Å². The number of aryl methyl sites for hydroxylation is 1. The Morgan fingerprint density at radius 2 is 2.00 bits per heavy atom. The van der Waals surface area contributed by atoms with Gasteiger partial charge in [0, 0.05) is 29.7 Å². The van der Waals surface area contributed by atoms with Crippen LogP contribution in [0.15, 0.2) is 59.9 Å². The van der Waals surface area contributed by atoms with Crippen LogP contribution in [-0.4, -0.2) is 33.4 Å². The quantitative estimate of drug-likeness (QED) is 0.733. The van der Waals surface area contributed by atoms with Gasteiger partial charge in [-0.3, -0.25) is 4.79 Å². The molecule has 5 rings (SSSR count). The summed E-state index contributed by atoms with van der Waals surface area (Å²) in [5.41, 5.74) is 2.59. The number of carbonyl (C=O) groups excluding carboxylic acids is 1. The zero-order valence-corrected chi connectivity index (χ0v) is 16.1. The summed E-state index contributed by atoms with van der Waals surface area (Å²) in [6, 6.07) is 15.1. The Kier molecular flexibility index (Phi) is 4.24. The lowest BCUT2D eigenvalue weighted by molar-refractivity contribution is -0.128. The van der Waals surface area contributed by atoms with Crippen LogP contribution in [0.25, 0.3) is 11.3 Å². The summed E-state index contributed by atoms with van der Waals surface area (Å²) < 4.78 is 13.9. The minimum atomic E-state index is -0.716. The lowest BCUT2D eigenvalue weighted by Crippen LogP contribution is -2.46. The van der Waals surface area contributed by atoms with Gasteiger partial charge in [-0.05, 0) is 31.2 Å². The number of nitrogens with zero attached hydrogens (tertiary/aromatic N) is 2. The third-order valence-electron chi connectivity index (χ3n) is 4.83. The van der Waals surface area contributed by atoms with Crippen molar-refractivity contribution < 1.29 is 14.3 Å². The molecule has 142 valence electrons. The van der Waals surface area contributed by atoms with E-state index >= 15 is 0 Å². The first-order chi connectivity index (χ1) is 13.7. The van der Waals surface area contributed by atoms with Crippen LogP contribution >= 0.6 is 11.8 Å².